The van der Waals surface area contributed by atoms with Crippen molar-refractivity contribution < 1.29 is 17.9 Å². The Bertz CT molecular complexity index is 1180. The van der Waals surface area contributed by atoms with Gasteiger partial charge < -0.3 is 9.64 Å². The van der Waals surface area contributed by atoms with Crippen LogP contribution in [0, 0.1) is 6.92 Å². The Hall–Kier alpha value is -2.68. The van der Waals surface area contributed by atoms with Gasteiger partial charge in [-0.15, -0.1) is 0 Å². The average molecular weight is 517 g/mol. The molecule has 0 saturated carbocycles. The number of amides is 1. The Labute approximate surface area is 197 Å². The first-order valence-electron chi connectivity index (χ1n) is 9.92. The molecule has 0 aliphatic rings. The number of carbonyl (C=O) groups is 1. The van der Waals surface area contributed by atoms with Crippen molar-refractivity contribution in [3.05, 3.63) is 88.4 Å². The fourth-order valence-electron chi connectivity index (χ4n) is 3.10. The van der Waals surface area contributed by atoms with Crippen LogP contribution in [0.5, 0.6) is 5.75 Å². The first-order chi connectivity index (χ1) is 15.2. The van der Waals surface area contributed by atoms with Gasteiger partial charge in [0, 0.05) is 29.8 Å². The number of hydrogen-bond acceptors (Lipinski definition) is 4. The Balaban J connectivity index is 1.91. The molecule has 1 amide bonds. The maximum Gasteiger partial charge on any atom is 0.243 e. The number of nitrogens with zero attached hydrogens (tertiary/aromatic N) is 2. The number of rotatable bonds is 8. The summed E-state index contributed by atoms with van der Waals surface area (Å²) in [5, 5.41) is 0. The summed E-state index contributed by atoms with van der Waals surface area (Å²) in [5.41, 5.74) is 2.49. The molecular weight excluding hydrogens is 492 g/mol. The quantitative estimate of drug-likeness (QED) is 0.438. The van der Waals surface area contributed by atoms with Crippen LogP contribution in [0.2, 0.25) is 0 Å². The Morgan fingerprint density at radius 3 is 2.28 bits per heavy atom. The highest BCUT2D eigenvalue weighted by Crippen LogP contribution is 2.23. The molecule has 6 nitrogen and oxygen atoms in total. The van der Waals surface area contributed by atoms with E-state index in [4.69, 9.17) is 4.74 Å². The van der Waals surface area contributed by atoms with Crippen LogP contribution in [0.1, 0.15) is 11.1 Å². The number of sulfonamides is 1. The minimum atomic E-state index is -3.91. The normalized spacial score (nSPS) is 11.4. The van der Waals surface area contributed by atoms with Gasteiger partial charge in [-0.25, -0.2) is 8.42 Å². The van der Waals surface area contributed by atoms with Gasteiger partial charge in [0.1, 0.15) is 5.75 Å². The highest BCUT2D eigenvalue weighted by molar-refractivity contribution is 9.10. The number of aryl methyl sites for hydroxylation is 1. The second-order valence-corrected chi connectivity index (χ2v) is 10.2. The standard InChI is InChI=1S/C24H25BrN2O4S/c1-18-7-9-19(10-8-18)16-27(32(29,30)23-13-11-20(25)12-14-23)17-24(28)26(2)21-5-4-6-22(15-21)31-3/h4-15H,16-17H2,1-3H3. The van der Waals surface area contributed by atoms with Crippen molar-refractivity contribution in [2.45, 2.75) is 18.4 Å². The molecule has 0 aliphatic heterocycles. The van der Waals surface area contributed by atoms with Crippen molar-refractivity contribution in [2.75, 3.05) is 25.6 Å². The van der Waals surface area contributed by atoms with E-state index in [0.29, 0.717) is 11.4 Å². The summed E-state index contributed by atoms with van der Waals surface area (Å²) < 4.78 is 34.1. The molecule has 0 atom stereocenters. The number of hydrogen-bond donors (Lipinski definition) is 0. The van der Waals surface area contributed by atoms with Gasteiger partial charge >= 0.3 is 0 Å². The predicted octanol–water partition coefficient (Wildman–Crippen LogP) is 4.62. The monoisotopic (exact) mass is 516 g/mol. The smallest absolute Gasteiger partial charge is 0.243 e. The van der Waals surface area contributed by atoms with Crippen molar-refractivity contribution in [1.29, 1.82) is 0 Å². The van der Waals surface area contributed by atoms with Gasteiger partial charge in [-0.05, 0) is 48.9 Å². The van der Waals surface area contributed by atoms with E-state index in [1.807, 2.05) is 31.2 Å². The number of benzene rings is 3. The predicted molar refractivity (Wildman–Crippen MR) is 129 cm³/mol. The summed E-state index contributed by atoms with van der Waals surface area (Å²) in [6, 6.07) is 21.0. The third-order valence-electron chi connectivity index (χ3n) is 5.06. The molecule has 8 heteroatoms. The van der Waals surface area contributed by atoms with Crippen molar-refractivity contribution in [1.82, 2.24) is 4.31 Å². The first-order valence-corrected chi connectivity index (χ1v) is 12.2. The van der Waals surface area contributed by atoms with Crippen LogP contribution in [0.25, 0.3) is 0 Å². The van der Waals surface area contributed by atoms with E-state index >= 15 is 0 Å². The van der Waals surface area contributed by atoms with Crippen molar-refractivity contribution in [3.8, 4) is 5.75 Å². The molecule has 0 saturated heterocycles. The number of carbonyl (C=O) groups excluding carboxylic acids is 1. The average Bonchev–Trinajstić information content (AvgIpc) is 2.79. The molecule has 0 fully saturated rings. The van der Waals surface area contributed by atoms with E-state index in [1.165, 1.54) is 21.3 Å². The molecule has 3 rings (SSSR count). The van der Waals surface area contributed by atoms with Crippen molar-refractivity contribution in [3.63, 3.8) is 0 Å². The number of likely N-dealkylation sites (N-methyl/N-ethyl adjacent to an activating group) is 1. The maximum absolute atomic E-state index is 13.4. The minimum Gasteiger partial charge on any atom is -0.497 e. The third kappa shape index (κ3) is 5.76. The van der Waals surface area contributed by atoms with Crippen LogP contribution in [-0.4, -0.2) is 39.3 Å². The lowest BCUT2D eigenvalue weighted by molar-refractivity contribution is -0.118. The van der Waals surface area contributed by atoms with E-state index in [1.54, 1.807) is 50.6 Å². The highest BCUT2D eigenvalue weighted by atomic mass is 79.9. The molecule has 0 heterocycles. The number of ether oxygens (including phenoxy) is 1. The molecule has 0 radical (unpaired) electrons. The summed E-state index contributed by atoms with van der Waals surface area (Å²) in [7, 11) is -0.740. The molecule has 3 aromatic carbocycles. The van der Waals surface area contributed by atoms with Crippen LogP contribution in [0.15, 0.2) is 82.2 Å². The third-order valence-corrected chi connectivity index (χ3v) is 7.39. The van der Waals surface area contributed by atoms with Gasteiger partial charge in [0.2, 0.25) is 15.9 Å². The second-order valence-electron chi connectivity index (χ2n) is 7.37. The summed E-state index contributed by atoms with van der Waals surface area (Å²) in [6.45, 7) is 1.74. The second kappa shape index (κ2) is 10.3. The molecule has 0 unspecified atom stereocenters. The van der Waals surface area contributed by atoms with Gasteiger partial charge in [0.25, 0.3) is 0 Å². The summed E-state index contributed by atoms with van der Waals surface area (Å²) in [4.78, 5) is 14.7. The topological polar surface area (TPSA) is 66.9 Å². The first kappa shape index (κ1) is 24.0. The molecule has 3 aromatic rings. The van der Waals surface area contributed by atoms with Crippen LogP contribution < -0.4 is 9.64 Å². The molecule has 0 aliphatic carbocycles. The molecule has 0 spiro atoms. The van der Waals surface area contributed by atoms with E-state index in [-0.39, 0.29) is 23.9 Å². The van der Waals surface area contributed by atoms with E-state index in [2.05, 4.69) is 15.9 Å². The van der Waals surface area contributed by atoms with E-state index < -0.39 is 10.0 Å². The molecule has 0 N–H and O–H groups in total. The zero-order chi connectivity index (χ0) is 23.3. The van der Waals surface area contributed by atoms with E-state index in [0.717, 1.165) is 15.6 Å². The summed E-state index contributed by atoms with van der Waals surface area (Å²) in [6.07, 6.45) is 0. The van der Waals surface area contributed by atoms with Crippen LogP contribution in [0.3, 0.4) is 0 Å². The molecule has 168 valence electrons. The van der Waals surface area contributed by atoms with E-state index in [9.17, 15) is 13.2 Å². The number of halogens is 1. The lowest BCUT2D eigenvalue weighted by Gasteiger charge is -2.25. The Kier molecular flexibility index (Phi) is 7.71. The largest absolute Gasteiger partial charge is 0.497 e. The fourth-order valence-corrected chi connectivity index (χ4v) is 4.74. The molecule has 32 heavy (non-hydrogen) atoms. The lowest BCUT2D eigenvalue weighted by atomic mass is 10.1. The van der Waals surface area contributed by atoms with Crippen molar-refractivity contribution in [2.24, 2.45) is 0 Å². The van der Waals surface area contributed by atoms with Gasteiger partial charge in [-0.1, -0.05) is 51.8 Å². The molecule has 0 bridgehead atoms. The maximum atomic E-state index is 13.4. The zero-order valence-electron chi connectivity index (χ0n) is 18.2. The molecular formula is C24H25BrN2O4S. The SMILES string of the molecule is COc1cccc(N(C)C(=O)CN(Cc2ccc(C)cc2)S(=O)(=O)c2ccc(Br)cc2)c1. The van der Waals surface area contributed by atoms with Crippen LogP contribution in [0.4, 0.5) is 5.69 Å². The van der Waals surface area contributed by atoms with Gasteiger partial charge in [0.15, 0.2) is 0 Å². The van der Waals surface area contributed by atoms with Gasteiger partial charge in [-0.3, -0.25) is 4.79 Å². The summed E-state index contributed by atoms with van der Waals surface area (Å²) in [5.74, 6) is 0.257. The minimum absolute atomic E-state index is 0.0797. The van der Waals surface area contributed by atoms with Crippen LogP contribution >= 0.6 is 15.9 Å². The number of methoxy groups -OCH3 is 1. The Morgan fingerprint density at radius 2 is 1.66 bits per heavy atom. The fraction of sp³-hybridized carbons (Fsp3) is 0.208. The number of anilines is 1. The van der Waals surface area contributed by atoms with Crippen molar-refractivity contribution >= 4 is 37.5 Å². The highest BCUT2D eigenvalue weighted by Gasteiger charge is 2.28. The zero-order valence-corrected chi connectivity index (χ0v) is 20.6. The van der Waals surface area contributed by atoms with Gasteiger partial charge in [0.05, 0.1) is 18.6 Å². The summed E-state index contributed by atoms with van der Waals surface area (Å²) >= 11 is 3.33. The van der Waals surface area contributed by atoms with Crippen LogP contribution in [-0.2, 0) is 21.4 Å². The van der Waals surface area contributed by atoms with Gasteiger partial charge in [-0.2, -0.15) is 4.31 Å². The molecule has 0 aromatic heterocycles. The lowest BCUT2D eigenvalue weighted by Crippen LogP contribution is -2.41. The Morgan fingerprint density at radius 1 is 1.00 bits per heavy atom.